The Kier molecular flexibility index (Phi) is 5.39. The highest BCUT2D eigenvalue weighted by Crippen LogP contribution is 2.55. The smallest absolute Gasteiger partial charge is 0.250 e. The summed E-state index contributed by atoms with van der Waals surface area (Å²) in [6, 6.07) is 19.1. The Bertz CT molecular complexity index is 1750. The van der Waals surface area contributed by atoms with Crippen molar-refractivity contribution in [2.75, 3.05) is 15.5 Å². The molecule has 4 N–H and O–H groups in total. The molecule has 3 aliphatic rings. The Balaban J connectivity index is 1.34. The monoisotopic (exact) mass is 553 g/mol. The second-order valence-corrected chi connectivity index (χ2v) is 10.9. The molecule has 2 fully saturated rings. The third kappa shape index (κ3) is 3.38. The van der Waals surface area contributed by atoms with E-state index in [1.165, 1.54) is 11.8 Å². The summed E-state index contributed by atoms with van der Waals surface area (Å²) < 4.78 is 0. The molecule has 40 heavy (non-hydrogen) atoms. The SMILES string of the molecule is CC(=O)Nc1ccc(N2C(=O)[C@H]3[C@@H](C2=O)[C@@]2(N[C@@H]3Cc3c[nH]c4ccccc34)C(=O)Nc3c(Cl)cccc32)cc1. The van der Waals surface area contributed by atoms with Gasteiger partial charge in [0, 0.05) is 41.3 Å². The molecule has 4 atom stereocenters. The van der Waals surface area contributed by atoms with E-state index in [-0.39, 0.29) is 11.8 Å². The predicted octanol–water partition coefficient (Wildman–Crippen LogP) is 3.95. The molecule has 4 heterocycles. The third-order valence-corrected chi connectivity index (χ3v) is 8.57. The number of amides is 4. The summed E-state index contributed by atoms with van der Waals surface area (Å²) in [6.45, 7) is 1.40. The number of para-hydroxylation sites is 2. The first kappa shape index (κ1) is 24.6. The lowest BCUT2D eigenvalue weighted by Crippen LogP contribution is -2.53. The summed E-state index contributed by atoms with van der Waals surface area (Å²) in [5.74, 6) is -3.25. The van der Waals surface area contributed by atoms with Gasteiger partial charge in [-0.2, -0.15) is 0 Å². The first-order chi connectivity index (χ1) is 19.3. The van der Waals surface area contributed by atoms with Gasteiger partial charge >= 0.3 is 0 Å². The molecule has 0 unspecified atom stereocenters. The van der Waals surface area contributed by atoms with E-state index in [4.69, 9.17) is 11.6 Å². The second-order valence-electron chi connectivity index (χ2n) is 10.5. The van der Waals surface area contributed by atoms with Crippen LogP contribution in [-0.2, 0) is 31.1 Å². The first-order valence-corrected chi connectivity index (χ1v) is 13.4. The van der Waals surface area contributed by atoms with Gasteiger partial charge in [0.05, 0.1) is 28.2 Å². The standard InChI is InChI=1S/C30H24ClN5O4/c1-15(37)33-17-9-11-18(12-10-17)36-27(38)24-23(13-16-14-32-22-8-3-2-5-19(16)22)35-30(25(24)28(36)39)20-6-4-7-21(31)26(20)34-29(30)40/h2-12,14,23-25,32,35H,13H2,1H3,(H,33,37)(H,34,40)/t23-,24-,25+,30-/m1/s1. The number of H-pyrrole nitrogens is 1. The van der Waals surface area contributed by atoms with Gasteiger partial charge in [-0.15, -0.1) is 0 Å². The largest absolute Gasteiger partial charge is 0.361 e. The molecule has 1 aromatic heterocycles. The molecule has 10 heteroatoms. The zero-order valence-corrected chi connectivity index (χ0v) is 22.1. The Morgan fingerprint density at radius 1 is 1.00 bits per heavy atom. The molecule has 3 aliphatic heterocycles. The molecule has 4 amide bonds. The zero-order valence-electron chi connectivity index (χ0n) is 21.3. The van der Waals surface area contributed by atoms with Crippen molar-refractivity contribution < 1.29 is 19.2 Å². The quantitative estimate of drug-likeness (QED) is 0.285. The number of nitrogens with one attached hydrogen (secondary N) is 4. The van der Waals surface area contributed by atoms with E-state index in [1.807, 2.05) is 30.5 Å². The summed E-state index contributed by atoms with van der Waals surface area (Å²) >= 11 is 6.46. The number of hydrogen-bond donors (Lipinski definition) is 4. The minimum Gasteiger partial charge on any atom is -0.361 e. The van der Waals surface area contributed by atoms with Crippen molar-refractivity contribution in [2.24, 2.45) is 11.8 Å². The van der Waals surface area contributed by atoms with Crippen LogP contribution in [0.15, 0.2) is 72.9 Å². The van der Waals surface area contributed by atoms with Gasteiger partial charge < -0.3 is 15.6 Å². The molecular formula is C30H24ClN5O4. The first-order valence-electron chi connectivity index (χ1n) is 13.0. The molecule has 2 saturated heterocycles. The van der Waals surface area contributed by atoms with Crippen LogP contribution in [0.4, 0.5) is 17.1 Å². The molecule has 0 bridgehead atoms. The minimum atomic E-state index is -1.46. The van der Waals surface area contributed by atoms with Crippen LogP contribution in [0.3, 0.4) is 0 Å². The Morgan fingerprint density at radius 3 is 2.55 bits per heavy atom. The van der Waals surface area contributed by atoms with Crippen molar-refractivity contribution in [3.8, 4) is 0 Å². The van der Waals surface area contributed by atoms with E-state index in [0.717, 1.165) is 16.5 Å². The molecule has 4 aromatic rings. The highest BCUT2D eigenvalue weighted by atomic mass is 35.5. The lowest BCUT2D eigenvalue weighted by atomic mass is 9.76. The van der Waals surface area contributed by atoms with Crippen LogP contribution in [0.5, 0.6) is 0 Å². The fraction of sp³-hybridized carbons (Fsp3) is 0.200. The summed E-state index contributed by atoms with van der Waals surface area (Å²) in [6.07, 6.45) is 2.33. The van der Waals surface area contributed by atoms with Gasteiger partial charge in [0.1, 0.15) is 5.54 Å². The number of anilines is 3. The van der Waals surface area contributed by atoms with E-state index in [0.29, 0.717) is 34.1 Å². The van der Waals surface area contributed by atoms with Crippen molar-refractivity contribution in [1.82, 2.24) is 10.3 Å². The number of aromatic amines is 1. The minimum absolute atomic E-state index is 0.228. The average molecular weight is 554 g/mol. The number of carbonyl (C=O) groups is 4. The number of rotatable bonds is 4. The Labute approximate surface area is 233 Å². The molecule has 0 saturated carbocycles. The normalized spacial score (nSPS) is 25.0. The fourth-order valence-electron chi connectivity index (χ4n) is 6.66. The number of fused-ring (bicyclic) bond motifs is 5. The van der Waals surface area contributed by atoms with Gasteiger partial charge in [-0.3, -0.25) is 24.5 Å². The second kappa shape index (κ2) is 8.77. The highest BCUT2D eigenvalue weighted by Gasteiger charge is 2.70. The number of carbonyl (C=O) groups excluding carboxylic acids is 4. The maximum absolute atomic E-state index is 14.2. The van der Waals surface area contributed by atoms with E-state index in [9.17, 15) is 19.2 Å². The summed E-state index contributed by atoms with van der Waals surface area (Å²) in [5, 5.41) is 10.4. The van der Waals surface area contributed by atoms with Crippen LogP contribution >= 0.6 is 11.6 Å². The zero-order chi connectivity index (χ0) is 27.8. The number of imide groups is 1. The maximum Gasteiger partial charge on any atom is 0.250 e. The maximum atomic E-state index is 14.2. The van der Waals surface area contributed by atoms with Crippen LogP contribution in [0.2, 0.25) is 5.02 Å². The van der Waals surface area contributed by atoms with Gasteiger partial charge in [-0.25, -0.2) is 4.90 Å². The van der Waals surface area contributed by atoms with E-state index >= 15 is 0 Å². The van der Waals surface area contributed by atoms with Crippen molar-refractivity contribution in [1.29, 1.82) is 0 Å². The lowest BCUT2D eigenvalue weighted by Gasteiger charge is -2.29. The van der Waals surface area contributed by atoms with Gasteiger partial charge in [-0.1, -0.05) is 41.9 Å². The van der Waals surface area contributed by atoms with Crippen LogP contribution in [-0.4, -0.2) is 34.7 Å². The average Bonchev–Trinajstić information content (AvgIpc) is 3.64. The molecular weight excluding hydrogens is 530 g/mol. The molecule has 9 nitrogen and oxygen atoms in total. The summed E-state index contributed by atoms with van der Waals surface area (Å²) in [4.78, 5) is 58.0. The fourth-order valence-corrected chi connectivity index (χ4v) is 6.88. The lowest BCUT2D eigenvalue weighted by molar-refractivity contribution is -0.130. The Hall–Kier alpha value is -4.47. The van der Waals surface area contributed by atoms with Crippen molar-refractivity contribution in [3.05, 3.63) is 89.1 Å². The van der Waals surface area contributed by atoms with E-state index in [2.05, 4.69) is 20.9 Å². The van der Waals surface area contributed by atoms with E-state index < -0.39 is 35.2 Å². The number of nitrogens with zero attached hydrogens (tertiary/aromatic N) is 1. The topological polar surface area (TPSA) is 123 Å². The van der Waals surface area contributed by atoms with Crippen LogP contribution in [0.1, 0.15) is 18.1 Å². The van der Waals surface area contributed by atoms with Crippen LogP contribution in [0, 0.1) is 11.8 Å². The molecule has 1 spiro atoms. The molecule has 0 radical (unpaired) electrons. The van der Waals surface area contributed by atoms with Gasteiger partial charge in [0.15, 0.2) is 0 Å². The Morgan fingerprint density at radius 2 is 1.77 bits per heavy atom. The molecule has 200 valence electrons. The number of aromatic nitrogens is 1. The molecule has 3 aromatic carbocycles. The van der Waals surface area contributed by atoms with Crippen LogP contribution in [0.25, 0.3) is 10.9 Å². The van der Waals surface area contributed by atoms with Crippen LogP contribution < -0.4 is 20.9 Å². The third-order valence-electron chi connectivity index (χ3n) is 8.26. The summed E-state index contributed by atoms with van der Waals surface area (Å²) in [5.41, 5.74) is 2.42. The summed E-state index contributed by atoms with van der Waals surface area (Å²) in [7, 11) is 0. The highest BCUT2D eigenvalue weighted by molar-refractivity contribution is 6.35. The van der Waals surface area contributed by atoms with Gasteiger partial charge in [0.25, 0.3) is 0 Å². The number of halogens is 1. The van der Waals surface area contributed by atoms with Crippen molar-refractivity contribution in [3.63, 3.8) is 0 Å². The molecule has 0 aliphatic carbocycles. The van der Waals surface area contributed by atoms with E-state index in [1.54, 1.807) is 42.5 Å². The van der Waals surface area contributed by atoms with Crippen molar-refractivity contribution in [2.45, 2.75) is 24.9 Å². The number of hydrogen-bond acceptors (Lipinski definition) is 5. The predicted molar refractivity (Wildman–Crippen MR) is 151 cm³/mol. The van der Waals surface area contributed by atoms with Gasteiger partial charge in [-0.05, 0) is 48.4 Å². The molecule has 7 rings (SSSR count). The van der Waals surface area contributed by atoms with Crippen molar-refractivity contribution >= 4 is 63.2 Å². The van der Waals surface area contributed by atoms with Gasteiger partial charge in [0.2, 0.25) is 23.6 Å². The number of benzene rings is 3.